The SMILES string of the molecule is COc1ccc(CCNC(=O)Nc2ccc(C)c(Cl)c2)cc1. The molecule has 0 aliphatic carbocycles. The van der Waals surface area contributed by atoms with Gasteiger partial charge in [-0.25, -0.2) is 4.79 Å². The molecule has 2 rings (SSSR count). The number of nitrogens with one attached hydrogen (secondary N) is 2. The smallest absolute Gasteiger partial charge is 0.319 e. The van der Waals surface area contributed by atoms with Gasteiger partial charge in [0.1, 0.15) is 5.75 Å². The minimum atomic E-state index is -0.242. The van der Waals surface area contributed by atoms with Crippen LogP contribution in [0.15, 0.2) is 42.5 Å². The Bertz CT molecular complexity index is 642. The van der Waals surface area contributed by atoms with Crippen LogP contribution in [0.25, 0.3) is 0 Å². The highest BCUT2D eigenvalue weighted by atomic mass is 35.5. The molecule has 22 heavy (non-hydrogen) atoms. The summed E-state index contributed by atoms with van der Waals surface area (Å²) in [5.41, 5.74) is 2.80. The van der Waals surface area contributed by atoms with Crippen molar-refractivity contribution in [2.45, 2.75) is 13.3 Å². The predicted octanol–water partition coefficient (Wildman–Crippen LogP) is 4.02. The number of hydrogen-bond donors (Lipinski definition) is 2. The zero-order valence-corrected chi connectivity index (χ0v) is 13.4. The number of benzene rings is 2. The number of hydrogen-bond acceptors (Lipinski definition) is 2. The molecule has 4 nitrogen and oxygen atoms in total. The van der Waals surface area contributed by atoms with Gasteiger partial charge < -0.3 is 15.4 Å². The number of aryl methyl sites for hydroxylation is 1. The second kappa shape index (κ2) is 7.71. The van der Waals surface area contributed by atoms with Gasteiger partial charge in [0.25, 0.3) is 0 Å². The molecule has 0 aliphatic rings. The fraction of sp³-hybridized carbons (Fsp3) is 0.235. The number of urea groups is 1. The first-order valence-corrected chi connectivity index (χ1v) is 7.40. The molecular weight excluding hydrogens is 300 g/mol. The number of methoxy groups -OCH3 is 1. The van der Waals surface area contributed by atoms with Crippen LogP contribution in [0.5, 0.6) is 5.75 Å². The highest BCUT2D eigenvalue weighted by molar-refractivity contribution is 6.31. The molecule has 5 heteroatoms. The van der Waals surface area contributed by atoms with Crippen molar-refractivity contribution in [3.63, 3.8) is 0 Å². The van der Waals surface area contributed by atoms with Crippen molar-refractivity contribution in [1.29, 1.82) is 0 Å². The maximum absolute atomic E-state index is 11.8. The lowest BCUT2D eigenvalue weighted by atomic mass is 10.1. The van der Waals surface area contributed by atoms with E-state index in [0.717, 1.165) is 23.3 Å². The summed E-state index contributed by atoms with van der Waals surface area (Å²) in [6, 6.07) is 13.0. The molecular formula is C17H19ClN2O2. The molecule has 0 aliphatic heterocycles. The Morgan fingerprint density at radius 2 is 1.91 bits per heavy atom. The van der Waals surface area contributed by atoms with Gasteiger partial charge in [0.2, 0.25) is 0 Å². The van der Waals surface area contributed by atoms with Crippen molar-refractivity contribution in [3.8, 4) is 5.75 Å². The van der Waals surface area contributed by atoms with Crippen LogP contribution >= 0.6 is 11.6 Å². The number of ether oxygens (including phenoxy) is 1. The second-order valence-electron chi connectivity index (χ2n) is 4.94. The monoisotopic (exact) mass is 318 g/mol. The Morgan fingerprint density at radius 3 is 2.55 bits per heavy atom. The minimum absolute atomic E-state index is 0.242. The van der Waals surface area contributed by atoms with Crippen molar-refractivity contribution < 1.29 is 9.53 Å². The molecule has 0 bridgehead atoms. The molecule has 0 spiro atoms. The summed E-state index contributed by atoms with van der Waals surface area (Å²) in [7, 11) is 1.64. The standard InChI is InChI=1S/C17H19ClN2O2/c1-12-3-6-14(11-16(12)18)20-17(21)19-10-9-13-4-7-15(22-2)8-5-13/h3-8,11H,9-10H2,1-2H3,(H2,19,20,21). The molecule has 2 N–H and O–H groups in total. The number of rotatable bonds is 5. The van der Waals surface area contributed by atoms with E-state index in [1.165, 1.54) is 0 Å². The van der Waals surface area contributed by atoms with E-state index >= 15 is 0 Å². The quantitative estimate of drug-likeness (QED) is 0.874. The highest BCUT2D eigenvalue weighted by Crippen LogP contribution is 2.19. The van der Waals surface area contributed by atoms with E-state index in [9.17, 15) is 4.79 Å². The van der Waals surface area contributed by atoms with E-state index < -0.39 is 0 Å². The number of anilines is 1. The van der Waals surface area contributed by atoms with Crippen molar-refractivity contribution >= 4 is 23.3 Å². The van der Waals surface area contributed by atoms with Crippen LogP contribution in [-0.4, -0.2) is 19.7 Å². The topological polar surface area (TPSA) is 50.4 Å². The molecule has 2 aromatic rings. The molecule has 0 heterocycles. The third kappa shape index (κ3) is 4.67. The summed E-state index contributed by atoms with van der Waals surface area (Å²) in [6.45, 7) is 2.47. The molecule has 0 saturated carbocycles. The van der Waals surface area contributed by atoms with Gasteiger partial charge in [-0.2, -0.15) is 0 Å². The predicted molar refractivity (Wildman–Crippen MR) is 89.9 cm³/mol. The van der Waals surface area contributed by atoms with Gasteiger partial charge in [-0.3, -0.25) is 0 Å². The fourth-order valence-electron chi connectivity index (χ4n) is 1.96. The largest absolute Gasteiger partial charge is 0.497 e. The van der Waals surface area contributed by atoms with E-state index in [2.05, 4.69) is 10.6 Å². The van der Waals surface area contributed by atoms with Crippen LogP contribution in [-0.2, 0) is 6.42 Å². The Labute approximate surface area is 135 Å². The van der Waals surface area contributed by atoms with Crippen LogP contribution in [0, 0.1) is 6.92 Å². The molecule has 0 saturated heterocycles. The Hall–Kier alpha value is -2.20. The second-order valence-corrected chi connectivity index (χ2v) is 5.35. The van der Waals surface area contributed by atoms with Gasteiger partial charge in [-0.1, -0.05) is 29.8 Å². The van der Waals surface area contributed by atoms with E-state index in [4.69, 9.17) is 16.3 Å². The van der Waals surface area contributed by atoms with Crippen molar-refractivity contribution in [2.24, 2.45) is 0 Å². The molecule has 2 aromatic carbocycles. The summed E-state index contributed by atoms with van der Waals surface area (Å²) in [5.74, 6) is 0.825. The molecule has 0 unspecified atom stereocenters. The average molecular weight is 319 g/mol. The maximum Gasteiger partial charge on any atom is 0.319 e. The zero-order chi connectivity index (χ0) is 15.9. The van der Waals surface area contributed by atoms with Crippen LogP contribution in [0.1, 0.15) is 11.1 Å². The molecule has 0 aromatic heterocycles. The third-order valence-corrected chi connectivity index (χ3v) is 3.70. The normalized spacial score (nSPS) is 10.1. The number of amides is 2. The number of carbonyl (C=O) groups is 1. The van der Waals surface area contributed by atoms with Crippen LogP contribution in [0.4, 0.5) is 10.5 Å². The van der Waals surface area contributed by atoms with Gasteiger partial charge in [0.15, 0.2) is 0 Å². The average Bonchev–Trinajstić information content (AvgIpc) is 2.51. The maximum atomic E-state index is 11.8. The number of carbonyl (C=O) groups excluding carboxylic acids is 1. The van der Waals surface area contributed by atoms with Gasteiger partial charge in [-0.05, 0) is 48.7 Å². The minimum Gasteiger partial charge on any atom is -0.497 e. The van der Waals surface area contributed by atoms with Gasteiger partial charge in [0, 0.05) is 17.3 Å². The first kappa shape index (κ1) is 16.2. The van der Waals surface area contributed by atoms with E-state index in [1.807, 2.05) is 43.3 Å². The zero-order valence-electron chi connectivity index (χ0n) is 12.7. The lowest BCUT2D eigenvalue weighted by Crippen LogP contribution is -2.30. The summed E-state index contributed by atoms with van der Waals surface area (Å²) < 4.78 is 5.11. The van der Waals surface area contributed by atoms with Gasteiger partial charge >= 0.3 is 6.03 Å². The summed E-state index contributed by atoms with van der Waals surface area (Å²) in [4.78, 5) is 11.8. The first-order chi connectivity index (χ1) is 10.6. The molecule has 0 atom stereocenters. The van der Waals surface area contributed by atoms with E-state index in [0.29, 0.717) is 17.3 Å². The fourth-order valence-corrected chi connectivity index (χ4v) is 2.14. The Balaban J connectivity index is 1.78. The Kier molecular flexibility index (Phi) is 5.67. The van der Waals surface area contributed by atoms with E-state index in [1.54, 1.807) is 13.2 Å². The van der Waals surface area contributed by atoms with Gasteiger partial charge in [-0.15, -0.1) is 0 Å². The van der Waals surface area contributed by atoms with Crippen LogP contribution < -0.4 is 15.4 Å². The van der Waals surface area contributed by atoms with Crippen LogP contribution in [0.3, 0.4) is 0 Å². The summed E-state index contributed by atoms with van der Waals surface area (Å²) >= 11 is 6.02. The van der Waals surface area contributed by atoms with Crippen molar-refractivity contribution in [1.82, 2.24) is 5.32 Å². The Morgan fingerprint density at radius 1 is 1.18 bits per heavy atom. The molecule has 116 valence electrons. The van der Waals surface area contributed by atoms with Crippen molar-refractivity contribution in [2.75, 3.05) is 19.0 Å². The molecule has 0 radical (unpaired) electrons. The lowest BCUT2D eigenvalue weighted by molar-refractivity contribution is 0.252. The number of halogens is 1. The summed E-state index contributed by atoms with van der Waals surface area (Å²) in [5, 5.41) is 6.21. The first-order valence-electron chi connectivity index (χ1n) is 7.02. The van der Waals surface area contributed by atoms with E-state index in [-0.39, 0.29) is 6.03 Å². The van der Waals surface area contributed by atoms with Crippen LogP contribution in [0.2, 0.25) is 5.02 Å². The lowest BCUT2D eigenvalue weighted by Gasteiger charge is -2.09. The van der Waals surface area contributed by atoms with Crippen molar-refractivity contribution in [3.05, 3.63) is 58.6 Å². The molecule has 2 amide bonds. The summed E-state index contributed by atoms with van der Waals surface area (Å²) in [6.07, 6.45) is 0.756. The highest BCUT2D eigenvalue weighted by Gasteiger charge is 2.03. The third-order valence-electron chi connectivity index (χ3n) is 3.29. The molecule has 0 fully saturated rings. The van der Waals surface area contributed by atoms with Gasteiger partial charge in [0.05, 0.1) is 7.11 Å².